The molecular formula is C21H20N4O3. The van der Waals surface area contributed by atoms with Gasteiger partial charge in [-0.3, -0.25) is 14.5 Å². The zero-order valence-corrected chi connectivity index (χ0v) is 15.9. The van der Waals surface area contributed by atoms with Crippen LogP contribution in [0.25, 0.3) is 0 Å². The quantitative estimate of drug-likeness (QED) is 0.801. The molecule has 2 aromatic rings. The average molecular weight is 376 g/mol. The van der Waals surface area contributed by atoms with E-state index in [2.05, 4.69) is 10.6 Å². The maximum atomic E-state index is 12.9. The topological polar surface area (TPSA) is 102 Å². The summed E-state index contributed by atoms with van der Waals surface area (Å²) in [6.45, 7) is 5.03. The van der Waals surface area contributed by atoms with E-state index in [9.17, 15) is 14.4 Å². The number of nitriles is 1. The van der Waals surface area contributed by atoms with E-state index < -0.39 is 23.4 Å². The molecule has 0 aromatic heterocycles. The van der Waals surface area contributed by atoms with Crippen molar-refractivity contribution in [2.75, 3.05) is 11.9 Å². The van der Waals surface area contributed by atoms with Crippen LogP contribution in [-0.2, 0) is 15.1 Å². The number of urea groups is 1. The Bertz CT molecular complexity index is 987. The second kappa shape index (κ2) is 7.16. The van der Waals surface area contributed by atoms with E-state index in [4.69, 9.17) is 5.26 Å². The number of aryl methyl sites for hydroxylation is 2. The van der Waals surface area contributed by atoms with Crippen LogP contribution < -0.4 is 10.6 Å². The number of anilines is 1. The van der Waals surface area contributed by atoms with Gasteiger partial charge in [-0.25, -0.2) is 4.79 Å². The van der Waals surface area contributed by atoms with Crippen molar-refractivity contribution in [3.05, 3.63) is 64.7 Å². The normalized spacial score (nSPS) is 18.6. The van der Waals surface area contributed by atoms with Gasteiger partial charge in [0.25, 0.3) is 5.91 Å². The summed E-state index contributed by atoms with van der Waals surface area (Å²) in [6, 6.07) is 13.4. The molecule has 1 saturated heterocycles. The van der Waals surface area contributed by atoms with Crippen LogP contribution in [0.2, 0.25) is 0 Å². The fraction of sp³-hybridized carbons (Fsp3) is 0.238. The first-order valence-corrected chi connectivity index (χ1v) is 8.76. The van der Waals surface area contributed by atoms with Crippen molar-refractivity contribution in [1.82, 2.24) is 10.2 Å². The Kier molecular flexibility index (Phi) is 4.89. The Morgan fingerprint density at radius 2 is 1.75 bits per heavy atom. The summed E-state index contributed by atoms with van der Waals surface area (Å²) >= 11 is 0. The molecule has 2 N–H and O–H groups in total. The van der Waals surface area contributed by atoms with Crippen molar-refractivity contribution in [2.45, 2.75) is 26.3 Å². The van der Waals surface area contributed by atoms with Crippen LogP contribution in [0.5, 0.6) is 0 Å². The Labute approximate surface area is 163 Å². The third-order valence-corrected chi connectivity index (χ3v) is 4.67. The van der Waals surface area contributed by atoms with Crippen LogP contribution in [0.3, 0.4) is 0 Å². The van der Waals surface area contributed by atoms with Gasteiger partial charge >= 0.3 is 6.03 Å². The second-order valence-corrected chi connectivity index (χ2v) is 7.06. The van der Waals surface area contributed by atoms with E-state index in [0.29, 0.717) is 16.8 Å². The zero-order valence-electron chi connectivity index (χ0n) is 15.9. The van der Waals surface area contributed by atoms with Gasteiger partial charge in [-0.1, -0.05) is 18.2 Å². The molecule has 1 heterocycles. The van der Waals surface area contributed by atoms with Gasteiger partial charge in [0.05, 0.1) is 11.6 Å². The molecule has 1 unspecified atom stereocenters. The molecule has 1 fully saturated rings. The highest BCUT2D eigenvalue weighted by atomic mass is 16.2. The lowest BCUT2D eigenvalue weighted by atomic mass is 9.91. The van der Waals surface area contributed by atoms with Crippen LogP contribution >= 0.6 is 0 Å². The first-order valence-electron chi connectivity index (χ1n) is 8.76. The molecule has 7 heteroatoms. The maximum Gasteiger partial charge on any atom is 0.325 e. The summed E-state index contributed by atoms with van der Waals surface area (Å²) in [5, 5.41) is 14.3. The summed E-state index contributed by atoms with van der Waals surface area (Å²) in [4.78, 5) is 38.5. The van der Waals surface area contributed by atoms with E-state index in [1.165, 1.54) is 0 Å². The van der Waals surface area contributed by atoms with Crippen LogP contribution in [0.15, 0.2) is 42.5 Å². The molecule has 28 heavy (non-hydrogen) atoms. The number of carbonyl (C=O) groups is 3. The molecule has 0 spiro atoms. The highest BCUT2D eigenvalue weighted by Crippen LogP contribution is 2.29. The van der Waals surface area contributed by atoms with E-state index in [1.807, 2.05) is 38.1 Å². The molecule has 0 bridgehead atoms. The van der Waals surface area contributed by atoms with Crippen LogP contribution in [-0.4, -0.2) is 29.3 Å². The number of rotatable bonds is 4. The van der Waals surface area contributed by atoms with E-state index in [0.717, 1.165) is 16.0 Å². The molecule has 0 aliphatic carbocycles. The molecule has 2 aromatic carbocycles. The molecule has 1 aliphatic heterocycles. The molecular weight excluding hydrogens is 356 g/mol. The minimum atomic E-state index is -1.29. The van der Waals surface area contributed by atoms with Crippen molar-refractivity contribution in [2.24, 2.45) is 0 Å². The lowest BCUT2D eigenvalue weighted by Crippen LogP contribution is -2.42. The van der Waals surface area contributed by atoms with E-state index >= 15 is 0 Å². The average Bonchev–Trinajstić information content (AvgIpc) is 2.85. The van der Waals surface area contributed by atoms with Gasteiger partial charge < -0.3 is 10.6 Å². The van der Waals surface area contributed by atoms with Crippen LogP contribution in [0, 0.1) is 25.2 Å². The predicted octanol–water partition coefficient (Wildman–Crippen LogP) is 2.58. The lowest BCUT2D eigenvalue weighted by molar-refractivity contribution is -0.133. The first-order chi connectivity index (χ1) is 13.2. The van der Waals surface area contributed by atoms with E-state index in [-0.39, 0.29) is 6.54 Å². The van der Waals surface area contributed by atoms with Crippen molar-refractivity contribution in [3.63, 3.8) is 0 Å². The number of carbonyl (C=O) groups excluding carboxylic acids is 3. The Hall–Kier alpha value is -3.66. The van der Waals surface area contributed by atoms with Gasteiger partial charge in [-0.15, -0.1) is 0 Å². The minimum absolute atomic E-state index is 0.385. The second-order valence-electron chi connectivity index (χ2n) is 7.06. The zero-order chi connectivity index (χ0) is 20.5. The standard InChI is InChI=1S/C21H20N4O3/c1-13-8-14(2)10-17(9-13)23-18(26)12-25-19(27)21(3,24-20(25)28)16-6-4-15(11-22)5-7-16/h4-10H,12H2,1-3H3,(H,23,26)(H,24,28). The SMILES string of the molecule is Cc1cc(C)cc(NC(=O)CN2C(=O)NC(C)(c3ccc(C#N)cc3)C2=O)c1. The predicted molar refractivity (Wildman–Crippen MR) is 103 cm³/mol. The molecule has 1 atom stereocenters. The molecule has 7 nitrogen and oxygen atoms in total. The highest BCUT2D eigenvalue weighted by molar-refractivity contribution is 6.10. The number of hydrogen-bond acceptors (Lipinski definition) is 4. The largest absolute Gasteiger partial charge is 0.325 e. The van der Waals surface area contributed by atoms with Gasteiger partial charge in [0.2, 0.25) is 5.91 Å². The Morgan fingerprint density at radius 1 is 1.14 bits per heavy atom. The van der Waals surface area contributed by atoms with Crippen LogP contribution in [0.4, 0.5) is 10.5 Å². The lowest BCUT2D eigenvalue weighted by Gasteiger charge is -2.22. The van der Waals surface area contributed by atoms with Gasteiger partial charge in [0, 0.05) is 5.69 Å². The highest BCUT2D eigenvalue weighted by Gasteiger charge is 2.49. The Morgan fingerprint density at radius 3 is 2.32 bits per heavy atom. The van der Waals surface area contributed by atoms with E-state index in [1.54, 1.807) is 31.2 Å². The summed E-state index contributed by atoms with van der Waals surface area (Å²) in [7, 11) is 0. The molecule has 0 saturated carbocycles. The van der Waals surface area contributed by atoms with Crippen molar-refractivity contribution < 1.29 is 14.4 Å². The summed E-state index contributed by atoms with van der Waals surface area (Å²) in [5.41, 5.74) is 2.32. The molecule has 3 rings (SSSR count). The van der Waals surface area contributed by atoms with Crippen molar-refractivity contribution in [3.8, 4) is 6.07 Å². The number of nitrogens with zero attached hydrogens (tertiary/aromatic N) is 2. The number of imide groups is 1. The first kappa shape index (κ1) is 19.1. The fourth-order valence-electron chi connectivity index (χ4n) is 3.31. The maximum absolute atomic E-state index is 12.9. The molecule has 0 radical (unpaired) electrons. The van der Waals surface area contributed by atoms with Crippen molar-refractivity contribution >= 4 is 23.5 Å². The van der Waals surface area contributed by atoms with Gasteiger partial charge in [0.1, 0.15) is 12.1 Å². The van der Waals surface area contributed by atoms with Gasteiger partial charge in [-0.05, 0) is 61.7 Å². The van der Waals surface area contributed by atoms with Crippen LogP contribution in [0.1, 0.15) is 29.2 Å². The number of nitrogens with one attached hydrogen (secondary N) is 2. The summed E-state index contributed by atoms with van der Waals surface area (Å²) in [5.74, 6) is -0.977. The molecule has 1 aliphatic rings. The molecule has 4 amide bonds. The van der Waals surface area contributed by atoms with Crippen molar-refractivity contribution in [1.29, 1.82) is 5.26 Å². The minimum Gasteiger partial charge on any atom is -0.325 e. The van der Waals surface area contributed by atoms with Gasteiger partial charge in [0.15, 0.2) is 0 Å². The summed E-state index contributed by atoms with van der Waals surface area (Å²) < 4.78 is 0. The number of hydrogen-bond donors (Lipinski definition) is 2. The third-order valence-electron chi connectivity index (χ3n) is 4.67. The van der Waals surface area contributed by atoms with Gasteiger partial charge in [-0.2, -0.15) is 5.26 Å². The Balaban J connectivity index is 1.75. The summed E-state index contributed by atoms with van der Waals surface area (Å²) in [6.07, 6.45) is 0. The number of amides is 4. The third kappa shape index (κ3) is 3.58. The fourth-order valence-corrected chi connectivity index (χ4v) is 3.31. The number of benzene rings is 2. The monoisotopic (exact) mass is 376 g/mol. The molecule has 142 valence electrons. The smallest absolute Gasteiger partial charge is 0.325 e.